The molecule has 0 bridgehead atoms. The average Bonchev–Trinajstić information content (AvgIpc) is 1.86. The van der Waals surface area contributed by atoms with Crippen LogP contribution in [0.5, 0.6) is 0 Å². The van der Waals surface area contributed by atoms with Gasteiger partial charge in [-0.15, -0.1) is 9.24 Å². The van der Waals surface area contributed by atoms with Gasteiger partial charge in [-0.3, -0.25) is 4.55 Å². The molecule has 1 saturated carbocycles. The predicted molar refractivity (Wildman–Crippen MR) is 47.3 cm³/mol. The molecule has 1 aliphatic carbocycles. The summed E-state index contributed by atoms with van der Waals surface area (Å²) in [5.41, 5.74) is 0.357. The van der Waals surface area contributed by atoms with Crippen LogP contribution in [-0.2, 0) is 10.1 Å². The lowest BCUT2D eigenvalue weighted by molar-refractivity contribution is 0.429. The van der Waals surface area contributed by atoms with Crippen molar-refractivity contribution in [1.82, 2.24) is 0 Å². The molecule has 0 saturated heterocycles. The van der Waals surface area contributed by atoms with Gasteiger partial charge in [0, 0.05) is 0 Å². The molecule has 11 heavy (non-hydrogen) atoms. The fourth-order valence-corrected chi connectivity index (χ4v) is 3.17. The second kappa shape index (κ2) is 3.38. The Morgan fingerprint density at radius 3 is 2.36 bits per heavy atom. The quantitative estimate of drug-likeness (QED) is 0.504. The van der Waals surface area contributed by atoms with Gasteiger partial charge in [-0.2, -0.15) is 8.42 Å². The molecular formula is C6H13O3PS. The molecule has 3 atom stereocenters. The molecule has 0 aliphatic heterocycles. The van der Waals surface area contributed by atoms with Crippen LogP contribution in [0.1, 0.15) is 25.7 Å². The van der Waals surface area contributed by atoms with Crippen LogP contribution in [0.3, 0.4) is 0 Å². The van der Waals surface area contributed by atoms with Crippen LogP contribution in [0, 0.1) is 0 Å². The fourth-order valence-electron chi connectivity index (χ4n) is 1.45. The van der Waals surface area contributed by atoms with Crippen molar-refractivity contribution >= 4 is 19.4 Å². The maximum atomic E-state index is 10.7. The second-order valence-electron chi connectivity index (χ2n) is 3.06. The van der Waals surface area contributed by atoms with Crippen LogP contribution in [0.25, 0.3) is 0 Å². The van der Waals surface area contributed by atoms with E-state index < -0.39 is 15.4 Å². The molecule has 3 unspecified atom stereocenters. The lowest BCUT2D eigenvalue weighted by atomic mass is 10.00. The maximum absolute atomic E-state index is 10.7. The third kappa shape index (κ3) is 2.69. The second-order valence-corrected chi connectivity index (χ2v) is 5.70. The van der Waals surface area contributed by atoms with Gasteiger partial charge in [0.15, 0.2) is 0 Å². The minimum atomic E-state index is -3.77. The summed E-state index contributed by atoms with van der Waals surface area (Å²) in [6.07, 6.45) is 3.16. The van der Waals surface area contributed by atoms with Crippen molar-refractivity contribution in [3.05, 3.63) is 0 Å². The van der Waals surface area contributed by atoms with E-state index in [-0.39, 0.29) is 0 Å². The Morgan fingerprint density at radius 1 is 1.36 bits per heavy atom. The summed E-state index contributed by atoms with van der Waals surface area (Å²) >= 11 is 0. The van der Waals surface area contributed by atoms with Gasteiger partial charge in [0.1, 0.15) is 0 Å². The third-order valence-corrected chi connectivity index (χ3v) is 3.96. The molecule has 66 valence electrons. The highest BCUT2D eigenvalue weighted by atomic mass is 32.2. The van der Waals surface area contributed by atoms with Crippen LogP contribution in [-0.4, -0.2) is 23.9 Å². The molecule has 0 amide bonds. The van der Waals surface area contributed by atoms with E-state index in [0.29, 0.717) is 18.5 Å². The average molecular weight is 196 g/mol. The number of rotatable bonds is 1. The van der Waals surface area contributed by atoms with Crippen molar-refractivity contribution in [3.63, 3.8) is 0 Å². The Balaban J connectivity index is 2.60. The minimum Gasteiger partial charge on any atom is -0.285 e. The zero-order valence-corrected chi connectivity index (χ0v) is 8.20. The van der Waals surface area contributed by atoms with Crippen LogP contribution < -0.4 is 0 Å². The highest BCUT2D eigenvalue weighted by molar-refractivity contribution is 7.86. The largest absolute Gasteiger partial charge is 0.285 e. The first-order valence-electron chi connectivity index (χ1n) is 3.72. The lowest BCUT2D eigenvalue weighted by Crippen LogP contribution is -2.27. The monoisotopic (exact) mass is 196 g/mol. The first-order chi connectivity index (χ1) is 5.00. The van der Waals surface area contributed by atoms with Crippen molar-refractivity contribution in [2.75, 3.05) is 0 Å². The van der Waals surface area contributed by atoms with E-state index in [9.17, 15) is 8.42 Å². The summed E-state index contributed by atoms with van der Waals surface area (Å²) < 4.78 is 30.1. The summed E-state index contributed by atoms with van der Waals surface area (Å²) in [6.45, 7) is 0. The molecular weight excluding hydrogens is 183 g/mol. The molecule has 0 aromatic carbocycles. The van der Waals surface area contributed by atoms with Gasteiger partial charge in [0.25, 0.3) is 10.1 Å². The molecule has 1 fully saturated rings. The molecule has 0 aromatic rings. The SMILES string of the molecule is O=S(=O)(O)C1CCCC(P)C1. The molecule has 1 rings (SSSR count). The summed E-state index contributed by atoms with van der Waals surface area (Å²) in [7, 11) is -1.16. The zero-order chi connectivity index (χ0) is 8.48. The smallest absolute Gasteiger partial charge is 0.267 e. The number of hydrogen-bond acceptors (Lipinski definition) is 2. The van der Waals surface area contributed by atoms with Crippen LogP contribution in [0.4, 0.5) is 0 Å². The maximum Gasteiger partial charge on any atom is 0.267 e. The molecule has 1 aliphatic rings. The van der Waals surface area contributed by atoms with Crippen molar-refractivity contribution in [3.8, 4) is 0 Å². The first-order valence-corrected chi connectivity index (χ1v) is 5.89. The van der Waals surface area contributed by atoms with Gasteiger partial charge in [-0.05, 0) is 24.9 Å². The van der Waals surface area contributed by atoms with E-state index >= 15 is 0 Å². The summed E-state index contributed by atoms with van der Waals surface area (Å²) in [5, 5.41) is -0.515. The van der Waals surface area contributed by atoms with E-state index in [1.165, 1.54) is 0 Å². The van der Waals surface area contributed by atoms with Gasteiger partial charge in [-0.25, -0.2) is 0 Å². The van der Waals surface area contributed by atoms with Crippen LogP contribution in [0.2, 0.25) is 0 Å². The highest BCUT2D eigenvalue weighted by Gasteiger charge is 2.28. The topological polar surface area (TPSA) is 54.4 Å². The summed E-state index contributed by atoms with van der Waals surface area (Å²) in [5.74, 6) is 0. The molecule has 0 spiro atoms. The third-order valence-electron chi connectivity index (χ3n) is 2.09. The first kappa shape index (κ1) is 9.43. The minimum absolute atomic E-state index is 0.357. The molecule has 1 N–H and O–H groups in total. The molecule has 0 aromatic heterocycles. The Bertz CT molecular complexity index is 224. The fraction of sp³-hybridized carbons (Fsp3) is 1.00. The van der Waals surface area contributed by atoms with Crippen molar-refractivity contribution in [2.24, 2.45) is 0 Å². The molecule has 3 nitrogen and oxygen atoms in total. The van der Waals surface area contributed by atoms with Crippen molar-refractivity contribution < 1.29 is 13.0 Å². The lowest BCUT2D eigenvalue weighted by Gasteiger charge is -2.23. The highest BCUT2D eigenvalue weighted by Crippen LogP contribution is 2.28. The summed E-state index contributed by atoms with van der Waals surface area (Å²) in [4.78, 5) is 0. The summed E-state index contributed by atoms with van der Waals surface area (Å²) in [6, 6.07) is 0. The molecule has 0 heterocycles. The van der Waals surface area contributed by atoms with Crippen molar-refractivity contribution in [1.29, 1.82) is 0 Å². The van der Waals surface area contributed by atoms with Crippen molar-refractivity contribution in [2.45, 2.75) is 36.6 Å². The predicted octanol–water partition coefficient (Wildman–Crippen LogP) is 1.06. The normalized spacial score (nSPS) is 33.6. The molecule has 5 heteroatoms. The van der Waals surface area contributed by atoms with E-state index in [1.807, 2.05) is 0 Å². The van der Waals surface area contributed by atoms with Gasteiger partial charge in [0.2, 0.25) is 0 Å². The Hall–Kier alpha value is 0.340. The van der Waals surface area contributed by atoms with Gasteiger partial charge in [0.05, 0.1) is 5.25 Å². The Kier molecular flexibility index (Phi) is 2.90. The Labute approximate surface area is 69.5 Å². The van der Waals surface area contributed by atoms with E-state index in [2.05, 4.69) is 9.24 Å². The van der Waals surface area contributed by atoms with Crippen LogP contribution >= 0.6 is 9.24 Å². The Morgan fingerprint density at radius 2 is 2.00 bits per heavy atom. The van der Waals surface area contributed by atoms with Crippen LogP contribution in [0.15, 0.2) is 0 Å². The van der Waals surface area contributed by atoms with Gasteiger partial charge < -0.3 is 0 Å². The van der Waals surface area contributed by atoms with E-state index in [4.69, 9.17) is 4.55 Å². The van der Waals surface area contributed by atoms with E-state index in [0.717, 1.165) is 12.8 Å². The number of hydrogen-bond donors (Lipinski definition) is 1. The van der Waals surface area contributed by atoms with E-state index in [1.54, 1.807) is 0 Å². The van der Waals surface area contributed by atoms with Gasteiger partial charge >= 0.3 is 0 Å². The van der Waals surface area contributed by atoms with Gasteiger partial charge in [-0.1, -0.05) is 6.42 Å². The standard InChI is InChI=1S/C6H13O3PS/c7-11(8,9)6-3-1-2-5(10)4-6/h5-6H,1-4,10H2,(H,7,8,9). The zero-order valence-electron chi connectivity index (χ0n) is 6.23. The molecule has 0 radical (unpaired) electrons.